The Morgan fingerprint density at radius 2 is 2.00 bits per heavy atom. The lowest BCUT2D eigenvalue weighted by molar-refractivity contribution is 0.222. The zero-order chi connectivity index (χ0) is 11.1. The van der Waals surface area contributed by atoms with Gasteiger partial charge >= 0.3 is 0 Å². The van der Waals surface area contributed by atoms with Crippen molar-refractivity contribution in [1.82, 2.24) is 4.90 Å². The van der Waals surface area contributed by atoms with Crippen molar-refractivity contribution in [2.24, 2.45) is 5.73 Å². The number of nitrogens with two attached hydrogens (primary N) is 1. The number of nitrogens with zero attached hydrogens (tertiary/aromatic N) is 1. The summed E-state index contributed by atoms with van der Waals surface area (Å²) in [5.41, 5.74) is 5.72. The number of thiocarbonyl (C=S) groups is 1. The zero-order valence-electron chi connectivity index (χ0n) is 9.62. The van der Waals surface area contributed by atoms with E-state index in [1.54, 1.807) is 0 Å². The molecule has 0 aliphatic heterocycles. The minimum atomic E-state index is 0.252. The van der Waals surface area contributed by atoms with Gasteiger partial charge in [0.15, 0.2) is 0 Å². The summed E-state index contributed by atoms with van der Waals surface area (Å²) in [5.74, 6) is 1.14. The number of hydrogen-bond acceptors (Lipinski definition) is 3. The number of hydrogen-bond donors (Lipinski definition) is 1. The second-order valence-corrected chi connectivity index (χ2v) is 4.89. The van der Waals surface area contributed by atoms with Crippen LogP contribution in [0.1, 0.15) is 26.7 Å². The average Bonchev–Trinajstić information content (AvgIpc) is 2.14. The van der Waals surface area contributed by atoms with Crippen LogP contribution in [-0.4, -0.2) is 41.0 Å². The second kappa shape index (κ2) is 7.49. The molecular weight excluding hydrogens is 212 g/mol. The molecule has 0 aromatic heterocycles. The SMILES string of the molecule is CCC(CSC)N(C)C(CC)C(N)=S. The standard InChI is InChI=1S/C10H22N2S2/c1-5-8(7-14-4)12(3)9(6-2)10(11)13/h8-9H,5-7H2,1-4H3,(H2,11,13). The van der Waals surface area contributed by atoms with Crippen LogP contribution in [0.3, 0.4) is 0 Å². The molecule has 2 unspecified atom stereocenters. The highest BCUT2D eigenvalue weighted by Gasteiger charge is 2.21. The van der Waals surface area contributed by atoms with Gasteiger partial charge in [0, 0.05) is 11.8 Å². The lowest BCUT2D eigenvalue weighted by Gasteiger charge is -2.33. The number of rotatable bonds is 7. The van der Waals surface area contributed by atoms with Crippen LogP contribution in [0.5, 0.6) is 0 Å². The van der Waals surface area contributed by atoms with E-state index in [0.717, 1.165) is 18.6 Å². The van der Waals surface area contributed by atoms with E-state index in [9.17, 15) is 0 Å². The van der Waals surface area contributed by atoms with Crippen molar-refractivity contribution in [3.05, 3.63) is 0 Å². The molecule has 0 aliphatic rings. The van der Waals surface area contributed by atoms with Crippen LogP contribution in [0.25, 0.3) is 0 Å². The summed E-state index contributed by atoms with van der Waals surface area (Å²) < 4.78 is 0. The third-order valence-corrected chi connectivity index (χ3v) is 3.60. The Morgan fingerprint density at radius 1 is 1.43 bits per heavy atom. The lowest BCUT2D eigenvalue weighted by atomic mass is 10.1. The van der Waals surface area contributed by atoms with E-state index in [1.165, 1.54) is 0 Å². The molecule has 0 aromatic carbocycles. The molecule has 14 heavy (non-hydrogen) atoms. The molecule has 0 spiro atoms. The minimum absolute atomic E-state index is 0.252. The van der Waals surface area contributed by atoms with Crippen LogP contribution in [0, 0.1) is 0 Å². The van der Waals surface area contributed by atoms with Crippen molar-refractivity contribution in [3.8, 4) is 0 Å². The summed E-state index contributed by atoms with van der Waals surface area (Å²) in [6.07, 6.45) is 4.28. The summed E-state index contributed by atoms with van der Waals surface area (Å²) in [5, 5.41) is 0. The molecule has 4 heteroatoms. The third kappa shape index (κ3) is 4.15. The highest BCUT2D eigenvalue weighted by molar-refractivity contribution is 7.98. The predicted octanol–water partition coefficient (Wildman–Crippen LogP) is 2.12. The van der Waals surface area contributed by atoms with Gasteiger partial charge in [-0.15, -0.1) is 0 Å². The predicted molar refractivity (Wildman–Crippen MR) is 71.1 cm³/mol. The Morgan fingerprint density at radius 3 is 2.29 bits per heavy atom. The van der Waals surface area contributed by atoms with Gasteiger partial charge in [-0.05, 0) is 26.1 Å². The second-order valence-electron chi connectivity index (χ2n) is 3.51. The van der Waals surface area contributed by atoms with Crippen molar-refractivity contribution in [2.75, 3.05) is 19.1 Å². The van der Waals surface area contributed by atoms with Gasteiger partial charge in [-0.2, -0.15) is 11.8 Å². The first kappa shape index (κ1) is 14.2. The fourth-order valence-corrected chi connectivity index (χ4v) is 2.85. The maximum Gasteiger partial charge on any atom is 0.0901 e. The molecule has 0 amide bonds. The van der Waals surface area contributed by atoms with E-state index >= 15 is 0 Å². The molecule has 2 atom stereocenters. The molecule has 84 valence electrons. The van der Waals surface area contributed by atoms with Crippen LogP contribution >= 0.6 is 24.0 Å². The van der Waals surface area contributed by atoms with Gasteiger partial charge in [0.2, 0.25) is 0 Å². The number of thioether (sulfide) groups is 1. The fraction of sp³-hybridized carbons (Fsp3) is 0.900. The fourth-order valence-electron chi connectivity index (χ4n) is 1.66. The molecule has 0 radical (unpaired) electrons. The quantitative estimate of drug-likeness (QED) is 0.683. The molecule has 0 rings (SSSR count). The van der Waals surface area contributed by atoms with Crippen LogP contribution in [0.2, 0.25) is 0 Å². The molecule has 0 aliphatic carbocycles. The molecule has 2 nitrogen and oxygen atoms in total. The Balaban J connectivity index is 4.36. The first-order chi connectivity index (χ1) is 6.58. The minimum Gasteiger partial charge on any atom is -0.392 e. The Bertz CT molecular complexity index is 174. The molecule has 0 aromatic rings. The third-order valence-electron chi connectivity index (χ3n) is 2.61. The van der Waals surface area contributed by atoms with Crippen molar-refractivity contribution in [1.29, 1.82) is 0 Å². The highest BCUT2D eigenvalue weighted by atomic mass is 32.2. The van der Waals surface area contributed by atoms with Gasteiger partial charge in [0.05, 0.1) is 11.0 Å². The average molecular weight is 234 g/mol. The zero-order valence-corrected chi connectivity index (χ0v) is 11.3. The van der Waals surface area contributed by atoms with Gasteiger partial charge < -0.3 is 5.73 Å². The van der Waals surface area contributed by atoms with Gasteiger partial charge in [-0.3, -0.25) is 4.90 Å². The summed E-state index contributed by atoms with van der Waals surface area (Å²) >= 11 is 6.95. The normalized spacial score (nSPS) is 15.5. The van der Waals surface area contributed by atoms with Crippen molar-refractivity contribution in [2.45, 2.75) is 38.8 Å². The molecule has 0 saturated heterocycles. The van der Waals surface area contributed by atoms with Gasteiger partial charge in [0.25, 0.3) is 0 Å². The maximum absolute atomic E-state index is 5.72. The molecule has 0 bridgehead atoms. The molecule has 2 N–H and O–H groups in total. The largest absolute Gasteiger partial charge is 0.392 e. The van der Waals surface area contributed by atoms with Crippen LogP contribution in [-0.2, 0) is 0 Å². The van der Waals surface area contributed by atoms with Crippen molar-refractivity contribution >= 4 is 29.0 Å². The topological polar surface area (TPSA) is 29.3 Å². The van der Waals surface area contributed by atoms with Crippen molar-refractivity contribution < 1.29 is 0 Å². The van der Waals surface area contributed by atoms with E-state index in [2.05, 4.69) is 32.1 Å². The monoisotopic (exact) mass is 234 g/mol. The van der Waals surface area contributed by atoms with Gasteiger partial charge in [0.1, 0.15) is 0 Å². The first-order valence-corrected chi connectivity index (χ1v) is 6.88. The Labute approximate surface area is 97.6 Å². The van der Waals surface area contributed by atoms with Crippen LogP contribution < -0.4 is 5.73 Å². The Kier molecular flexibility index (Phi) is 7.59. The molecular formula is C10H22N2S2. The maximum atomic E-state index is 5.72. The first-order valence-electron chi connectivity index (χ1n) is 5.08. The number of likely N-dealkylation sites (N-methyl/N-ethyl adjacent to an activating group) is 1. The van der Waals surface area contributed by atoms with Crippen molar-refractivity contribution in [3.63, 3.8) is 0 Å². The van der Waals surface area contributed by atoms with E-state index in [4.69, 9.17) is 18.0 Å². The highest BCUT2D eigenvalue weighted by Crippen LogP contribution is 2.13. The molecule has 0 saturated carbocycles. The summed E-state index contributed by atoms with van der Waals surface area (Å²) in [4.78, 5) is 2.94. The Hall–Kier alpha value is 0.200. The van der Waals surface area contributed by atoms with E-state index in [-0.39, 0.29) is 6.04 Å². The van der Waals surface area contributed by atoms with E-state index in [0.29, 0.717) is 11.0 Å². The lowest BCUT2D eigenvalue weighted by Crippen LogP contribution is -2.47. The van der Waals surface area contributed by atoms with Crippen LogP contribution in [0.15, 0.2) is 0 Å². The summed E-state index contributed by atoms with van der Waals surface area (Å²) in [7, 11) is 2.12. The smallest absolute Gasteiger partial charge is 0.0901 e. The van der Waals surface area contributed by atoms with E-state index < -0.39 is 0 Å². The van der Waals surface area contributed by atoms with Gasteiger partial charge in [-0.1, -0.05) is 26.1 Å². The van der Waals surface area contributed by atoms with Crippen LogP contribution in [0.4, 0.5) is 0 Å². The van der Waals surface area contributed by atoms with E-state index in [1.807, 2.05) is 11.8 Å². The van der Waals surface area contributed by atoms with Gasteiger partial charge in [-0.25, -0.2) is 0 Å². The molecule has 0 heterocycles. The molecule has 0 fully saturated rings. The summed E-state index contributed by atoms with van der Waals surface area (Å²) in [6.45, 7) is 4.34. The summed E-state index contributed by atoms with van der Waals surface area (Å²) in [6, 6.07) is 0.832.